The van der Waals surface area contributed by atoms with E-state index in [0.29, 0.717) is 30.5 Å². The fourth-order valence-electron chi connectivity index (χ4n) is 11.8. The number of likely N-dealkylation sites (tertiary alicyclic amines) is 1. The molecule has 5 aliphatic rings. The van der Waals surface area contributed by atoms with Gasteiger partial charge in [-0.05, 0) is 125 Å². The van der Waals surface area contributed by atoms with Gasteiger partial charge >= 0.3 is 5.69 Å². The highest BCUT2D eigenvalue weighted by atomic mass is 16.5. The Morgan fingerprint density at radius 1 is 0.892 bits per heavy atom. The van der Waals surface area contributed by atoms with Gasteiger partial charge in [0, 0.05) is 109 Å². The van der Waals surface area contributed by atoms with Crippen LogP contribution in [0, 0.1) is 5.92 Å². The number of hydrogen-bond donors (Lipinski definition) is 3. The van der Waals surface area contributed by atoms with E-state index in [4.69, 9.17) is 14.7 Å². The first-order valence-corrected chi connectivity index (χ1v) is 25.2. The van der Waals surface area contributed by atoms with Crippen molar-refractivity contribution in [1.29, 1.82) is 0 Å². The number of carbonyl (C=O) groups is 2. The quantitative estimate of drug-likeness (QED) is 0.0883. The Kier molecular flexibility index (Phi) is 14.7. The number of ether oxygens (including phenoxy) is 1. The van der Waals surface area contributed by atoms with Crippen LogP contribution in [-0.2, 0) is 27.9 Å². The zero-order valence-corrected chi connectivity index (χ0v) is 39.3. The predicted octanol–water partition coefficient (Wildman–Crippen LogP) is 6.10. The van der Waals surface area contributed by atoms with Crippen LogP contribution < -0.4 is 16.3 Å². The molecule has 3 N–H and O–H groups in total. The summed E-state index contributed by atoms with van der Waals surface area (Å²) in [4.78, 5) is 55.2. The van der Waals surface area contributed by atoms with Crippen LogP contribution in [0.1, 0.15) is 139 Å². The molecule has 2 saturated carbocycles. The minimum atomic E-state index is -0.670. The van der Waals surface area contributed by atoms with E-state index in [1.165, 1.54) is 43.2 Å². The van der Waals surface area contributed by atoms with Crippen molar-refractivity contribution in [3.8, 4) is 0 Å². The highest BCUT2D eigenvalue weighted by Crippen LogP contribution is 2.42. The van der Waals surface area contributed by atoms with Crippen LogP contribution in [0.4, 0.5) is 5.95 Å². The van der Waals surface area contributed by atoms with Gasteiger partial charge in [0.15, 0.2) is 0 Å². The lowest BCUT2D eigenvalue weighted by atomic mass is 9.78. The summed E-state index contributed by atoms with van der Waals surface area (Å²) in [5.74, 6) is 1.35. The molecule has 3 aliphatic heterocycles. The number of amides is 2. The lowest BCUT2D eigenvalue weighted by Gasteiger charge is -2.38. The minimum absolute atomic E-state index is 0.171. The van der Waals surface area contributed by atoms with Gasteiger partial charge in [0.25, 0.3) is 0 Å². The predicted molar refractivity (Wildman–Crippen MR) is 254 cm³/mol. The number of nitrogens with one attached hydrogen (secondary N) is 2. The van der Waals surface area contributed by atoms with Gasteiger partial charge in [-0.1, -0.05) is 19.4 Å². The molecule has 0 spiro atoms. The summed E-state index contributed by atoms with van der Waals surface area (Å²) in [6, 6.07) is 6.13. The number of aliphatic hydroxyl groups is 1. The van der Waals surface area contributed by atoms with E-state index in [0.717, 1.165) is 151 Å². The second-order valence-electron chi connectivity index (χ2n) is 20.3. The number of imidazole rings is 1. The Labute approximate surface area is 384 Å². The monoisotopic (exact) mass is 895 g/mol. The molecule has 65 heavy (non-hydrogen) atoms. The summed E-state index contributed by atoms with van der Waals surface area (Å²) in [7, 11) is 1.75. The molecule has 0 bridgehead atoms. The second-order valence-corrected chi connectivity index (χ2v) is 20.3. The van der Waals surface area contributed by atoms with E-state index in [2.05, 4.69) is 68.3 Å². The van der Waals surface area contributed by atoms with E-state index >= 15 is 0 Å². The molecule has 4 aromatic rings. The fraction of sp³-hybridized carbons (Fsp3) is 0.700. The molecule has 3 saturated heterocycles. The van der Waals surface area contributed by atoms with Crippen molar-refractivity contribution >= 4 is 39.8 Å². The number of aliphatic hydroxyl groups excluding tert-OH is 1. The normalized spacial score (nSPS) is 26.2. The van der Waals surface area contributed by atoms with Gasteiger partial charge in [-0.25, -0.2) is 9.78 Å². The maximum absolute atomic E-state index is 13.2. The fourth-order valence-corrected chi connectivity index (χ4v) is 11.8. The number of aryl methyl sites for hydroxylation is 1. The summed E-state index contributed by atoms with van der Waals surface area (Å²) in [6.45, 7) is 14.9. The van der Waals surface area contributed by atoms with Crippen LogP contribution >= 0.6 is 0 Å². The standard InChI is InChI=1S/C50H74N10O5/c1-4-6-34(2)52-49-51-30-41-42(33-59(47(41)54-49)38-12-14-39(61)15-13-38)37-10-7-35(8-11-37)31-58-26-24-56(25-27-58)21-5-28-65-40-19-22-57(23-20-40)32-36-9-16-43-45(29-36)55(3)50(64)60(43)44-17-18-46(62)53-48(44)63/h9,16,29-30,33-35,37-40,44,61H,4-8,10-15,17-28,31-32H2,1-3H3,(H,51,52,54)(H,53,62,63)/t34-,35-,37-,38-,39-,44?/m0/s1. The van der Waals surface area contributed by atoms with Crippen LogP contribution in [0.15, 0.2) is 35.4 Å². The summed E-state index contributed by atoms with van der Waals surface area (Å²) in [5, 5.41) is 17.4. The topological polar surface area (TPSA) is 155 Å². The largest absolute Gasteiger partial charge is 0.393 e. The molecule has 15 nitrogen and oxygen atoms in total. The molecule has 9 rings (SSSR count). The third-order valence-electron chi connectivity index (χ3n) is 15.6. The molecular formula is C50H74N10O5. The van der Waals surface area contributed by atoms with E-state index < -0.39 is 11.9 Å². The van der Waals surface area contributed by atoms with Gasteiger partial charge in [-0.2, -0.15) is 4.98 Å². The molecule has 2 aliphatic carbocycles. The van der Waals surface area contributed by atoms with E-state index in [1.54, 1.807) is 16.2 Å². The third kappa shape index (κ3) is 10.7. The number of nitrogens with zero attached hydrogens (tertiary/aromatic N) is 8. The molecule has 1 aromatic carbocycles. The highest BCUT2D eigenvalue weighted by Gasteiger charge is 2.33. The number of anilines is 1. The molecule has 5 fully saturated rings. The number of hydrogen-bond acceptors (Lipinski definition) is 11. The Morgan fingerprint density at radius 3 is 2.38 bits per heavy atom. The first-order chi connectivity index (χ1) is 31.6. The average molecular weight is 895 g/mol. The van der Waals surface area contributed by atoms with Crippen molar-refractivity contribution in [3.63, 3.8) is 0 Å². The van der Waals surface area contributed by atoms with Crippen molar-refractivity contribution in [2.24, 2.45) is 13.0 Å². The SMILES string of the molecule is CCC[C@H](C)Nc1ncc2c(n1)n([C@H]1CC[C@H](O)CC1)cc2[C@H]1CC[C@H](CN2CCN(CCCOC3CCN(Cc4ccc5c(c4)n(C)c(=O)n5C4CCC(=O)NC4=O)CC3)CC2)CC1. The Bertz CT molecular complexity index is 2310. The number of carbonyl (C=O) groups excluding carboxylic acids is 2. The van der Waals surface area contributed by atoms with Crippen LogP contribution in [0.3, 0.4) is 0 Å². The molecule has 15 heteroatoms. The van der Waals surface area contributed by atoms with Crippen LogP contribution in [0.2, 0.25) is 0 Å². The van der Waals surface area contributed by atoms with Crippen molar-refractivity contribution < 1.29 is 19.4 Å². The second kappa shape index (κ2) is 20.8. The lowest BCUT2D eigenvalue weighted by Crippen LogP contribution is -2.48. The summed E-state index contributed by atoms with van der Waals surface area (Å²) >= 11 is 0. The molecular weight excluding hydrogens is 821 g/mol. The zero-order chi connectivity index (χ0) is 45.0. The van der Waals surface area contributed by atoms with Crippen molar-refractivity contribution in [3.05, 3.63) is 52.2 Å². The van der Waals surface area contributed by atoms with Crippen LogP contribution in [-0.4, -0.2) is 133 Å². The number of aromatic nitrogens is 5. The smallest absolute Gasteiger partial charge is 0.329 e. The summed E-state index contributed by atoms with van der Waals surface area (Å²) in [5.41, 5.74) is 4.94. The number of benzene rings is 1. The molecule has 2 atom stereocenters. The van der Waals surface area contributed by atoms with Gasteiger partial charge in [0.05, 0.1) is 23.2 Å². The first-order valence-electron chi connectivity index (χ1n) is 25.2. The summed E-state index contributed by atoms with van der Waals surface area (Å²) in [6.07, 6.45) is 19.3. The molecule has 354 valence electrons. The molecule has 1 unspecified atom stereocenters. The van der Waals surface area contributed by atoms with Crippen molar-refractivity contribution in [1.82, 2.24) is 43.7 Å². The van der Waals surface area contributed by atoms with Crippen LogP contribution in [0.5, 0.6) is 0 Å². The highest BCUT2D eigenvalue weighted by molar-refractivity contribution is 6.00. The van der Waals surface area contributed by atoms with E-state index in [9.17, 15) is 19.5 Å². The number of piperidine rings is 2. The van der Waals surface area contributed by atoms with Crippen molar-refractivity contribution in [2.45, 2.75) is 153 Å². The van der Waals surface area contributed by atoms with Crippen molar-refractivity contribution in [2.75, 3.05) is 64.3 Å². The van der Waals surface area contributed by atoms with Gasteiger partial charge in [-0.15, -0.1) is 0 Å². The van der Waals surface area contributed by atoms with E-state index in [-0.39, 0.29) is 24.1 Å². The van der Waals surface area contributed by atoms with Gasteiger partial charge in [0.2, 0.25) is 17.8 Å². The Hall–Kier alpha value is -4.15. The van der Waals surface area contributed by atoms with Gasteiger partial charge < -0.3 is 29.5 Å². The lowest BCUT2D eigenvalue weighted by molar-refractivity contribution is -0.135. The van der Waals surface area contributed by atoms with Gasteiger partial charge in [-0.3, -0.25) is 28.9 Å². The Balaban J connectivity index is 0.676. The maximum Gasteiger partial charge on any atom is 0.329 e. The average Bonchev–Trinajstić information content (AvgIpc) is 3.80. The third-order valence-corrected chi connectivity index (χ3v) is 15.6. The Morgan fingerprint density at radius 2 is 1.65 bits per heavy atom. The minimum Gasteiger partial charge on any atom is -0.393 e. The maximum atomic E-state index is 13.2. The van der Waals surface area contributed by atoms with Gasteiger partial charge in [0.1, 0.15) is 11.7 Å². The molecule has 6 heterocycles. The summed E-state index contributed by atoms with van der Waals surface area (Å²) < 4.78 is 12.0. The number of piperazine rings is 1. The zero-order valence-electron chi connectivity index (χ0n) is 39.3. The number of fused-ring (bicyclic) bond motifs is 2. The first kappa shape index (κ1) is 46.0. The van der Waals surface area contributed by atoms with Crippen LogP contribution in [0.25, 0.3) is 22.1 Å². The molecule has 3 aromatic heterocycles. The number of imide groups is 1. The molecule has 2 amide bonds. The van der Waals surface area contributed by atoms with E-state index in [1.807, 2.05) is 6.07 Å². The number of rotatable bonds is 16. The molecule has 0 radical (unpaired) electrons.